The van der Waals surface area contributed by atoms with Crippen molar-refractivity contribution in [2.24, 2.45) is 0 Å². The number of hydrogen-bond acceptors (Lipinski definition) is 2. The average molecular weight is 421 g/mol. The smallest absolute Gasteiger partial charge is 0.414 e. The molecule has 1 aliphatic rings. The Morgan fingerprint density at radius 3 is 1.17 bits per heavy atom. The second-order valence-electron chi connectivity index (χ2n) is 7.28. The first-order valence-corrected chi connectivity index (χ1v) is 11.9. The van der Waals surface area contributed by atoms with Gasteiger partial charge in [-0.25, -0.2) is 9.59 Å². The Morgan fingerprint density at radius 1 is 0.600 bits per heavy atom. The van der Waals surface area contributed by atoms with E-state index in [0.717, 1.165) is 5.66 Å². The molecule has 0 saturated heterocycles. The molecule has 0 bridgehead atoms. The molecule has 0 atom stereocenters. The molecule has 2 N–H and O–H groups in total. The fourth-order valence-electron chi connectivity index (χ4n) is 4.36. The number of hydrogen-bond donors (Lipinski definition) is 2. The van der Waals surface area contributed by atoms with Gasteiger partial charge < -0.3 is 10.2 Å². The van der Waals surface area contributed by atoms with Crippen molar-refractivity contribution in [1.82, 2.24) is 0 Å². The van der Waals surface area contributed by atoms with Gasteiger partial charge in [0, 0.05) is 0 Å². The zero-order valence-electron chi connectivity index (χ0n) is 16.7. The molecule has 0 amide bonds. The molecular weight excluding hydrogens is 395 g/mol. The van der Waals surface area contributed by atoms with Crippen LogP contribution in [0.3, 0.4) is 0 Å². The third-order valence-corrected chi connectivity index (χ3v) is 10.5. The number of carboxylic acids is 2. The summed E-state index contributed by atoms with van der Waals surface area (Å²) in [5.41, 5.74) is 0.768. The van der Waals surface area contributed by atoms with Crippen LogP contribution in [0.2, 0.25) is 0 Å². The molecule has 4 rings (SSSR count). The van der Waals surface area contributed by atoms with E-state index in [1.165, 1.54) is 41.6 Å². The Labute approximate surface area is 177 Å². The lowest BCUT2D eigenvalue weighted by Crippen LogP contribution is -2.37. The van der Waals surface area contributed by atoms with E-state index in [2.05, 4.69) is 91.0 Å². The minimum absolute atomic E-state index is 0.768. The van der Waals surface area contributed by atoms with Crippen molar-refractivity contribution >= 4 is 35.1 Å². The lowest BCUT2D eigenvalue weighted by atomic mass is 10.3. The summed E-state index contributed by atoms with van der Waals surface area (Å²) in [6, 6.07) is 33.9. The number of carbonyl (C=O) groups is 2. The van der Waals surface area contributed by atoms with Crippen molar-refractivity contribution in [3.8, 4) is 0 Å². The molecule has 3 aromatic carbocycles. The molecule has 0 unspecified atom stereocenters. The van der Waals surface area contributed by atoms with Crippen molar-refractivity contribution in [3.05, 3.63) is 91.0 Å². The van der Waals surface area contributed by atoms with Gasteiger partial charge in [-0.2, -0.15) is 0 Å². The number of aliphatic carboxylic acids is 2. The van der Waals surface area contributed by atoms with Crippen LogP contribution in [0, 0.1) is 0 Å². The first-order chi connectivity index (χ1) is 14.6. The highest BCUT2D eigenvalue weighted by Gasteiger charge is 2.52. The predicted molar refractivity (Wildman–Crippen MR) is 123 cm³/mol. The highest BCUT2D eigenvalue weighted by Crippen LogP contribution is 2.63. The summed E-state index contributed by atoms with van der Waals surface area (Å²) in [5, 5.41) is 19.4. The summed E-state index contributed by atoms with van der Waals surface area (Å²) in [4.78, 5) is 18.2. The van der Waals surface area contributed by atoms with Crippen LogP contribution in [0.5, 0.6) is 0 Å². The first kappa shape index (κ1) is 21.7. The third kappa shape index (κ3) is 4.60. The topological polar surface area (TPSA) is 74.6 Å². The quantitative estimate of drug-likeness (QED) is 0.492. The van der Waals surface area contributed by atoms with Gasteiger partial charge in [0.25, 0.3) is 0 Å². The van der Waals surface area contributed by atoms with Crippen LogP contribution in [0.25, 0.3) is 0 Å². The zero-order valence-corrected chi connectivity index (χ0v) is 17.6. The monoisotopic (exact) mass is 421 g/mol. The van der Waals surface area contributed by atoms with Crippen LogP contribution in [0.1, 0.15) is 25.7 Å². The van der Waals surface area contributed by atoms with E-state index in [9.17, 15) is 0 Å². The molecular formula is C25H26O4P+. The SMILES string of the molecule is O=C(O)C(=O)O.c1ccc([P+](c2ccccc2)(c2ccccc2)C2CCCC2)cc1. The molecule has 30 heavy (non-hydrogen) atoms. The van der Waals surface area contributed by atoms with Gasteiger partial charge in [-0.1, -0.05) is 54.6 Å². The van der Waals surface area contributed by atoms with Crippen LogP contribution in [-0.4, -0.2) is 27.8 Å². The number of carboxylic acid groups (broad SMARTS) is 2. The van der Waals surface area contributed by atoms with Crippen LogP contribution in [-0.2, 0) is 9.59 Å². The minimum Gasteiger partial charge on any atom is -0.473 e. The van der Waals surface area contributed by atoms with Crippen molar-refractivity contribution in [2.75, 3.05) is 0 Å². The first-order valence-electron chi connectivity index (χ1n) is 10.1. The molecule has 1 saturated carbocycles. The maximum Gasteiger partial charge on any atom is 0.414 e. The van der Waals surface area contributed by atoms with E-state index in [-0.39, 0.29) is 0 Å². The van der Waals surface area contributed by atoms with Gasteiger partial charge >= 0.3 is 11.9 Å². The van der Waals surface area contributed by atoms with Gasteiger partial charge in [0.2, 0.25) is 0 Å². The molecule has 0 heterocycles. The summed E-state index contributed by atoms with van der Waals surface area (Å²) in [5.74, 6) is -3.65. The van der Waals surface area contributed by atoms with E-state index in [4.69, 9.17) is 19.8 Å². The molecule has 0 spiro atoms. The molecule has 4 nitrogen and oxygen atoms in total. The highest BCUT2D eigenvalue weighted by molar-refractivity contribution is 7.96. The average Bonchev–Trinajstić information content (AvgIpc) is 3.32. The van der Waals surface area contributed by atoms with Crippen molar-refractivity contribution in [3.63, 3.8) is 0 Å². The lowest BCUT2D eigenvalue weighted by Gasteiger charge is -2.32. The Morgan fingerprint density at radius 2 is 0.900 bits per heavy atom. The standard InChI is InChI=1S/C23H24P.C2H2O4/c1-4-12-20(13-5-1)24(23-18-10-11-19-23,21-14-6-2-7-15-21)22-16-8-3-9-17-22;3-1(4)2(5)6/h1-9,12-17,23H,10-11,18-19H2;(H,3,4)(H,5,6)/q+1;. The van der Waals surface area contributed by atoms with E-state index in [0.29, 0.717) is 0 Å². The molecule has 1 fully saturated rings. The molecule has 0 aromatic heterocycles. The number of rotatable bonds is 4. The fraction of sp³-hybridized carbons (Fsp3) is 0.200. The maximum atomic E-state index is 9.10. The minimum atomic E-state index is -1.82. The van der Waals surface area contributed by atoms with Crippen molar-refractivity contribution in [1.29, 1.82) is 0 Å². The second kappa shape index (κ2) is 10.2. The van der Waals surface area contributed by atoms with Gasteiger partial charge in [-0.05, 0) is 62.1 Å². The fourth-order valence-corrected chi connectivity index (χ4v) is 9.59. The molecule has 0 radical (unpaired) electrons. The second-order valence-corrected chi connectivity index (χ2v) is 11.0. The molecule has 1 aliphatic carbocycles. The van der Waals surface area contributed by atoms with Crippen LogP contribution >= 0.6 is 7.26 Å². The summed E-state index contributed by atoms with van der Waals surface area (Å²) < 4.78 is 0. The van der Waals surface area contributed by atoms with E-state index >= 15 is 0 Å². The highest BCUT2D eigenvalue weighted by atomic mass is 31.2. The Kier molecular flexibility index (Phi) is 7.37. The molecule has 0 aliphatic heterocycles. The van der Waals surface area contributed by atoms with E-state index in [1.807, 2.05) is 0 Å². The maximum absolute atomic E-state index is 9.10. The normalized spacial score (nSPS) is 13.9. The number of benzene rings is 3. The Hall–Kier alpha value is -2.97. The van der Waals surface area contributed by atoms with Gasteiger partial charge in [0.1, 0.15) is 23.2 Å². The van der Waals surface area contributed by atoms with Gasteiger partial charge in [0.05, 0.1) is 5.66 Å². The van der Waals surface area contributed by atoms with Gasteiger partial charge in [-0.3, -0.25) is 0 Å². The van der Waals surface area contributed by atoms with Gasteiger partial charge in [-0.15, -0.1) is 0 Å². The Balaban J connectivity index is 0.000000377. The summed E-state index contributed by atoms with van der Waals surface area (Å²) in [6.45, 7) is 0. The van der Waals surface area contributed by atoms with Crippen LogP contribution < -0.4 is 15.9 Å². The summed E-state index contributed by atoms with van der Waals surface area (Å²) in [6.07, 6.45) is 5.46. The lowest BCUT2D eigenvalue weighted by molar-refractivity contribution is -0.159. The Bertz CT molecular complexity index is 844. The van der Waals surface area contributed by atoms with E-state index in [1.54, 1.807) is 0 Å². The summed E-state index contributed by atoms with van der Waals surface area (Å²) in [7, 11) is -1.60. The van der Waals surface area contributed by atoms with Crippen LogP contribution in [0.4, 0.5) is 0 Å². The van der Waals surface area contributed by atoms with Crippen molar-refractivity contribution in [2.45, 2.75) is 31.3 Å². The third-order valence-electron chi connectivity index (χ3n) is 5.55. The summed E-state index contributed by atoms with van der Waals surface area (Å²) >= 11 is 0. The molecule has 5 heteroatoms. The largest absolute Gasteiger partial charge is 0.473 e. The van der Waals surface area contributed by atoms with Gasteiger partial charge in [0.15, 0.2) is 0 Å². The zero-order chi connectivity index (χ0) is 21.4. The van der Waals surface area contributed by atoms with Crippen molar-refractivity contribution < 1.29 is 19.8 Å². The molecule has 3 aromatic rings. The van der Waals surface area contributed by atoms with Crippen LogP contribution in [0.15, 0.2) is 91.0 Å². The molecule has 154 valence electrons. The van der Waals surface area contributed by atoms with E-state index < -0.39 is 19.2 Å². The predicted octanol–water partition coefficient (Wildman–Crippen LogP) is 4.08.